The highest BCUT2D eigenvalue weighted by Crippen LogP contribution is 2.71. The van der Waals surface area contributed by atoms with Crippen molar-refractivity contribution in [2.75, 3.05) is 5.88 Å². The van der Waals surface area contributed by atoms with E-state index in [1.807, 2.05) is 13.8 Å². The molecule has 4 aliphatic rings. The van der Waals surface area contributed by atoms with E-state index in [1.165, 1.54) is 6.08 Å². The fourth-order valence-electron chi connectivity index (χ4n) is 8.01. The van der Waals surface area contributed by atoms with Crippen LogP contribution in [0.15, 0.2) is 23.6 Å². The zero-order valence-corrected chi connectivity index (χ0v) is 20.9. The van der Waals surface area contributed by atoms with E-state index in [1.54, 1.807) is 13.8 Å². The van der Waals surface area contributed by atoms with Gasteiger partial charge in [-0.2, -0.15) is 0 Å². The molecule has 3 saturated carbocycles. The van der Waals surface area contributed by atoms with Gasteiger partial charge >= 0.3 is 5.97 Å². The number of aliphatic hydroxyl groups excluding tert-OH is 1. The van der Waals surface area contributed by atoms with Crippen molar-refractivity contribution < 1.29 is 33.0 Å². The summed E-state index contributed by atoms with van der Waals surface area (Å²) in [5, 5.41) is 11.4. The minimum atomic E-state index is -2.24. The van der Waals surface area contributed by atoms with E-state index in [-0.39, 0.29) is 37.1 Å². The first-order valence-corrected chi connectivity index (χ1v) is 12.7. The monoisotopic (exact) mass is 498 g/mol. The Kier molecular flexibility index (Phi) is 6.17. The summed E-state index contributed by atoms with van der Waals surface area (Å²) in [6.45, 7) is 6.98. The summed E-state index contributed by atoms with van der Waals surface area (Å²) in [5.41, 5.74) is -6.27. The third-order valence-electron chi connectivity index (χ3n) is 9.54. The van der Waals surface area contributed by atoms with Crippen molar-refractivity contribution in [3.05, 3.63) is 23.6 Å². The first-order valence-electron chi connectivity index (χ1n) is 12.2. The van der Waals surface area contributed by atoms with E-state index in [9.17, 15) is 23.9 Å². The fraction of sp³-hybridized carbons (Fsp3) is 0.731. The van der Waals surface area contributed by atoms with Crippen LogP contribution in [0.4, 0.5) is 8.78 Å². The molecule has 0 saturated heterocycles. The van der Waals surface area contributed by atoms with Gasteiger partial charge in [0.2, 0.25) is 5.78 Å². The van der Waals surface area contributed by atoms with Gasteiger partial charge in [-0.15, -0.1) is 11.6 Å². The molecular weight excluding hydrogens is 466 g/mol. The zero-order chi connectivity index (χ0) is 25.3. The summed E-state index contributed by atoms with van der Waals surface area (Å²) in [7, 11) is 0. The molecule has 3 fully saturated rings. The number of aliphatic hydroxyl groups is 1. The van der Waals surface area contributed by atoms with Gasteiger partial charge in [-0.1, -0.05) is 26.8 Å². The van der Waals surface area contributed by atoms with Crippen LogP contribution in [0, 0.1) is 28.6 Å². The largest absolute Gasteiger partial charge is 0.450 e. The number of alkyl halides is 2. The second kappa shape index (κ2) is 8.22. The van der Waals surface area contributed by atoms with E-state index in [0.29, 0.717) is 12.8 Å². The maximum atomic E-state index is 17.3. The van der Waals surface area contributed by atoms with Gasteiger partial charge in [0.15, 0.2) is 22.9 Å². The second-order valence-electron chi connectivity index (χ2n) is 11.0. The van der Waals surface area contributed by atoms with Crippen molar-refractivity contribution in [1.82, 2.24) is 0 Å². The predicted octanol–water partition coefficient (Wildman–Crippen LogP) is 4.79. The van der Waals surface area contributed by atoms with Crippen molar-refractivity contribution in [1.29, 1.82) is 0 Å². The van der Waals surface area contributed by atoms with E-state index >= 15 is 4.39 Å². The zero-order valence-electron chi connectivity index (χ0n) is 20.1. The molecule has 0 aliphatic heterocycles. The Morgan fingerprint density at radius 1 is 1.29 bits per heavy atom. The normalized spacial score (nSPS) is 45.5. The highest BCUT2D eigenvalue weighted by atomic mass is 35.5. The number of ether oxygens (including phenoxy) is 1. The number of Topliss-reactive ketones (excluding diaryl/α,β-unsaturated/α-hetero) is 1. The Morgan fingerprint density at radius 2 is 1.97 bits per heavy atom. The number of rotatable bonds is 5. The van der Waals surface area contributed by atoms with E-state index < -0.39 is 69.3 Å². The first-order chi connectivity index (χ1) is 15.8. The topological polar surface area (TPSA) is 80.7 Å². The Hall–Kier alpha value is -1.60. The fourth-order valence-corrected chi connectivity index (χ4v) is 8.21. The highest BCUT2D eigenvalue weighted by molar-refractivity contribution is 6.29. The molecule has 5 nitrogen and oxygen atoms in total. The van der Waals surface area contributed by atoms with Gasteiger partial charge in [-0.05, 0) is 56.6 Å². The van der Waals surface area contributed by atoms with E-state index in [0.717, 1.165) is 6.08 Å². The van der Waals surface area contributed by atoms with Gasteiger partial charge in [0.25, 0.3) is 0 Å². The van der Waals surface area contributed by atoms with Crippen molar-refractivity contribution >= 4 is 29.1 Å². The van der Waals surface area contributed by atoms with E-state index in [4.69, 9.17) is 16.3 Å². The van der Waals surface area contributed by atoms with Crippen LogP contribution in [0.25, 0.3) is 0 Å². The summed E-state index contributed by atoms with van der Waals surface area (Å²) in [6, 6.07) is 0. The third-order valence-corrected chi connectivity index (χ3v) is 9.78. The average molecular weight is 499 g/mol. The summed E-state index contributed by atoms with van der Waals surface area (Å²) in [6.07, 6.45) is 2.20. The Bertz CT molecular complexity index is 994. The number of fused-ring (bicyclic) bond motifs is 5. The molecule has 4 aliphatic carbocycles. The number of halogens is 3. The lowest BCUT2D eigenvalue weighted by molar-refractivity contribution is -0.227. The summed E-state index contributed by atoms with van der Waals surface area (Å²) >= 11 is 6.02. The molecule has 8 atom stereocenters. The van der Waals surface area contributed by atoms with Crippen LogP contribution < -0.4 is 0 Å². The molecule has 0 amide bonds. The predicted molar refractivity (Wildman–Crippen MR) is 122 cm³/mol. The maximum Gasteiger partial charge on any atom is 0.306 e. The highest BCUT2D eigenvalue weighted by Gasteiger charge is 2.77. The lowest BCUT2D eigenvalue weighted by atomic mass is 9.44. The molecule has 1 N–H and O–H groups in total. The van der Waals surface area contributed by atoms with Crippen molar-refractivity contribution in [2.24, 2.45) is 28.6 Å². The Balaban J connectivity index is 1.85. The molecule has 188 valence electrons. The molecule has 34 heavy (non-hydrogen) atoms. The van der Waals surface area contributed by atoms with Crippen LogP contribution >= 0.6 is 11.6 Å². The van der Waals surface area contributed by atoms with Crippen molar-refractivity contribution in [2.45, 2.75) is 83.6 Å². The molecular formula is C26H33ClF2O5. The number of esters is 1. The number of carbonyl (C=O) groups excluding carboxylic acids is 3. The number of carbonyl (C=O) groups is 3. The molecule has 0 spiro atoms. The lowest BCUT2D eigenvalue weighted by Gasteiger charge is -2.62. The SMILES string of the molecule is CCCC(=O)O[C@]1(C(=O)CCl)[C@H](C)C[C@H]2[C@@H]3CCC4=C(F)C(=O)C=C[C@]4(C)[C@@]3(F)[C@@H](O)C[C@@]21C. The van der Waals surface area contributed by atoms with Gasteiger partial charge in [0.1, 0.15) is 0 Å². The summed E-state index contributed by atoms with van der Waals surface area (Å²) in [5.74, 6) is -4.62. The Morgan fingerprint density at radius 3 is 2.59 bits per heavy atom. The van der Waals surface area contributed by atoms with Crippen LogP contribution in [0.5, 0.6) is 0 Å². The molecule has 8 heteroatoms. The Labute approximate surface area is 203 Å². The average Bonchev–Trinajstić information content (AvgIpc) is 2.99. The standard InChI is InChI=1S/C26H33ClF2O5/c1-5-6-21(33)34-26(20(32)13-27)14(2)11-17-15-7-8-16-22(28)18(30)9-10-23(16,3)25(15,29)19(31)12-24(17,26)4/h9-10,14-15,17,19,31H,5-8,11-13H2,1-4H3/t14-,15+,17+,19+,23+,24+,25+,26+/m1/s1. The third kappa shape index (κ3) is 2.95. The molecule has 4 rings (SSSR count). The number of hydrogen-bond donors (Lipinski definition) is 1. The van der Waals surface area contributed by atoms with Gasteiger partial charge in [0.05, 0.1) is 12.0 Å². The van der Waals surface area contributed by atoms with Crippen LogP contribution in [0.2, 0.25) is 0 Å². The first kappa shape index (κ1) is 25.5. The molecule has 0 radical (unpaired) electrons. The smallest absolute Gasteiger partial charge is 0.306 e. The molecule has 0 aromatic carbocycles. The van der Waals surface area contributed by atoms with Crippen molar-refractivity contribution in [3.63, 3.8) is 0 Å². The summed E-state index contributed by atoms with van der Waals surface area (Å²) < 4.78 is 38.0. The van der Waals surface area contributed by atoms with Gasteiger partial charge < -0.3 is 9.84 Å². The second-order valence-corrected chi connectivity index (χ2v) is 11.3. The van der Waals surface area contributed by atoms with Gasteiger partial charge in [0, 0.05) is 29.1 Å². The van der Waals surface area contributed by atoms with Crippen LogP contribution in [-0.4, -0.2) is 45.9 Å². The quantitative estimate of drug-likeness (QED) is 0.435. The van der Waals surface area contributed by atoms with E-state index in [2.05, 4.69) is 0 Å². The van der Waals surface area contributed by atoms with Crippen LogP contribution in [0.3, 0.4) is 0 Å². The van der Waals surface area contributed by atoms with Gasteiger partial charge in [-0.3, -0.25) is 14.4 Å². The van der Waals surface area contributed by atoms with Crippen LogP contribution in [-0.2, 0) is 19.1 Å². The number of allylic oxidation sites excluding steroid dienone is 4. The molecule has 0 heterocycles. The molecule has 0 bridgehead atoms. The lowest BCUT2D eigenvalue weighted by Crippen LogP contribution is -2.70. The summed E-state index contributed by atoms with van der Waals surface area (Å²) in [4.78, 5) is 38.0. The minimum Gasteiger partial charge on any atom is -0.450 e. The number of hydrogen-bond acceptors (Lipinski definition) is 5. The van der Waals surface area contributed by atoms with Gasteiger partial charge in [-0.25, -0.2) is 8.78 Å². The maximum absolute atomic E-state index is 17.3. The number of ketones is 2. The van der Waals surface area contributed by atoms with Crippen LogP contribution in [0.1, 0.15) is 66.2 Å². The van der Waals surface area contributed by atoms with Crippen molar-refractivity contribution in [3.8, 4) is 0 Å². The molecule has 0 aromatic heterocycles. The minimum absolute atomic E-state index is 0.0879. The molecule has 0 aromatic rings. The molecule has 0 unspecified atom stereocenters.